The molecule has 1 aliphatic heterocycles. The van der Waals surface area contributed by atoms with Gasteiger partial charge in [-0.15, -0.1) is 0 Å². The van der Waals surface area contributed by atoms with Gasteiger partial charge in [-0.1, -0.05) is 0 Å². The lowest BCUT2D eigenvalue weighted by atomic mass is 10.3. The van der Waals surface area contributed by atoms with Crippen LogP contribution in [0.25, 0.3) is 0 Å². The summed E-state index contributed by atoms with van der Waals surface area (Å²) >= 11 is 0. The minimum absolute atomic E-state index is 0.0568. The number of rotatable bonds is 6. The summed E-state index contributed by atoms with van der Waals surface area (Å²) in [5, 5.41) is 9.08. The number of carboxylic acids is 1. The van der Waals surface area contributed by atoms with E-state index in [4.69, 9.17) is 14.6 Å². The van der Waals surface area contributed by atoms with Crippen LogP contribution in [-0.2, 0) is 4.74 Å². The highest BCUT2D eigenvalue weighted by Crippen LogP contribution is 2.18. The molecule has 0 saturated carbocycles. The molecule has 1 N–H and O–H groups in total. The average Bonchev–Trinajstić information content (AvgIpc) is 2.52. The number of hydrogen-bond acceptors (Lipinski definition) is 7. The lowest BCUT2D eigenvalue weighted by molar-refractivity contribution is 0.0689. The van der Waals surface area contributed by atoms with Crippen LogP contribution in [-0.4, -0.2) is 79.5 Å². The molecule has 0 radical (unpaired) electrons. The highest BCUT2D eigenvalue weighted by Gasteiger charge is 2.20. The van der Waals surface area contributed by atoms with E-state index in [9.17, 15) is 4.79 Å². The predicted octanol–water partition coefficient (Wildman–Crippen LogP) is -0.0482. The molecule has 8 heteroatoms. The van der Waals surface area contributed by atoms with Gasteiger partial charge < -0.3 is 19.5 Å². The summed E-state index contributed by atoms with van der Waals surface area (Å²) in [7, 11) is 3.12. The summed E-state index contributed by atoms with van der Waals surface area (Å²) in [6, 6.07) is 1.56. The second kappa shape index (κ2) is 7.19. The van der Waals surface area contributed by atoms with Crippen LogP contribution in [0.2, 0.25) is 0 Å². The summed E-state index contributed by atoms with van der Waals surface area (Å²) in [5.74, 6) is -0.499. The molecule has 0 atom stereocenters. The van der Waals surface area contributed by atoms with Crippen molar-refractivity contribution >= 4 is 11.8 Å². The maximum absolute atomic E-state index is 11.1. The topological polar surface area (TPSA) is 88.0 Å². The highest BCUT2D eigenvalue weighted by atomic mass is 16.5. The van der Waals surface area contributed by atoms with E-state index in [1.165, 1.54) is 13.2 Å². The van der Waals surface area contributed by atoms with Gasteiger partial charge in [0, 0.05) is 45.9 Å². The van der Waals surface area contributed by atoms with Crippen molar-refractivity contribution in [2.45, 2.75) is 0 Å². The quantitative estimate of drug-likeness (QED) is 0.782. The molecule has 2 rings (SSSR count). The van der Waals surface area contributed by atoms with Crippen molar-refractivity contribution in [2.75, 3.05) is 58.5 Å². The number of nitrogens with zero attached hydrogens (tertiary/aromatic N) is 4. The van der Waals surface area contributed by atoms with Crippen LogP contribution in [0.3, 0.4) is 0 Å². The van der Waals surface area contributed by atoms with E-state index < -0.39 is 5.97 Å². The molecule has 1 aliphatic rings. The van der Waals surface area contributed by atoms with Gasteiger partial charge in [0.25, 0.3) is 0 Å². The summed E-state index contributed by atoms with van der Waals surface area (Å²) in [6.07, 6.45) is 0. The smallest absolute Gasteiger partial charge is 0.354 e. The lowest BCUT2D eigenvalue weighted by Crippen LogP contribution is -2.47. The van der Waals surface area contributed by atoms with Gasteiger partial charge in [0.2, 0.25) is 0 Å². The summed E-state index contributed by atoms with van der Waals surface area (Å²) < 4.78 is 10.0. The number of carboxylic acid groups (broad SMARTS) is 1. The molecule has 2 heterocycles. The van der Waals surface area contributed by atoms with E-state index in [1.807, 2.05) is 4.90 Å². The number of aromatic nitrogens is 2. The fraction of sp³-hybridized carbons (Fsp3) is 0.615. The van der Waals surface area contributed by atoms with E-state index in [-0.39, 0.29) is 11.7 Å². The van der Waals surface area contributed by atoms with Crippen LogP contribution >= 0.6 is 0 Å². The van der Waals surface area contributed by atoms with E-state index in [0.29, 0.717) is 12.4 Å². The van der Waals surface area contributed by atoms with Gasteiger partial charge in [0.1, 0.15) is 5.82 Å². The number of aromatic carboxylic acids is 1. The number of carbonyl (C=O) groups is 1. The van der Waals surface area contributed by atoms with Crippen molar-refractivity contribution in [1.82, 2.24) is 14.9 Å². The third kappa shape index (κ3) is 4.02. The number of methoxy groups -OCH3 is 2. The Morgan fingerprint density at radius 2 is 2.00 bits per heavy atom. The lowest BCUT2D eigenvalue weighted by Gasteiger charge is -2.35. The first-order valence-corrected chi connectivity index (χ1v) is 6.76. The molecule has 1 aromatic rings. The Morgan fingerprint density at radius 1 is 1.29 bits per heavy atom. The van der Waals surface area contributed by atoms with Crippen LogP contribution in [0.1, 0.15) is 10.5 Å². The van der Waals surface area contributed by atoms with Gasteiger partial charge in [-0.05, 0) is 0 Å². The van der Waals surface area contributed by atoms with Crippen LogP contribution in [0, 0.1) is 0 Å². The van der Waals surface area contributed by atoms with Crippen molar-refractivity contribution in [1.29, 1.82) is 0 Å². The zero-order valence-corrected chi connectivity index (χ0v) is 12.3. The molecule has 8 nitrogen and oxygen atoms in total. The Hall–Kier alpha value is -1.93. The summed E-state index contributed by atoms with van der Waals surface area (Å²) in [6.45, 7) is 4.95. The second-order valence-corrected chi connectivity index (χ2v) is 4.72. The second-order valence-electron chi connectivity index (χ2n) is 4.72. The van der Waals surface area contributed by atoms with Gasteiger partial charge in [0.05, 0.1) is 13.7 Å². The fourth-order valence-electron chi connectivity index (χ4n) is 2.20. The van der Waals surface area contributed by atoms with Crippen molar-refractivity contribution in [3.05, 3.63) is 11.8 Å². The SMILES string of the molecule is COCCN1CCN(c2cc(C(=O)O)nc(OC)n2)CC1. The van der Waals surface area contributed by atoms with Gasteiger partial charge in [-0.3, -0.25) is 4.90 Å². The first kappa shape index (κ1) is 15.5. The summed E-state index contributed by atoms with van der Waals surface area (Å²) in [4.78, 5) is 23.5. The first-order valence-electron chi connectivity index (χ1n) is 6.76. The van der Waals surface area contributed by atoms with Gasteiger partial charge in [0.15, 0.2) is 5.69 Å². The maximum atomic E-state index is 11.1. The molecule has 1 aromatic heterocycles. The molecular weight excluding hydrogens is 276 g/mol. The Labute approximate surface area is 123 Å². The van der Waals surface area contributed by atoms with E-state index in [2.05, 4.69) is 14.9 Å². The molecule has 0 aliphatic carbocycles. The Morgan fingerprint density at radius 3 is 2.57 bits per heavy atom. The predicted molar refractivity (Wildman–Crippen MR) is 76.1 cm³/mol. The largest absolute Gasteiger partial charge is 0.477 e. The number of anilines is 1. The van der Waals surface area contributed by atoms with Crippen molar-refractivity contribution in [2.24, 2.45) is 0 Å². The highest BCUT2D eigenvalue weighted by molar-refractivity contribution is 5.86. The normalized spacial score (nSPS) is 16.0. The molecule has 116 valence electrons. The van der Waals surface area contributed by atoms with Crippen LogP contribution in [0.5, 0.6) is 6.01 Å². The number of ether oxygens (including phenoxy) is 2. The number of piperazine rings is 1. The van der Waals surface area contributed by atoms with Gasteiger partial charge in [-0.25, -0.2) is 4.79 Å². The molecule has 0 bridgehead atoms. The van der Waals surface area contributed by atoms with Crippen LogP contribution in [0.15, 0.2) is 6.07 Å². The molecular formula is C13H20N4O4. The monoisotopic (exact) mass is 296 g/mol. The fourth-order valence-corrected chi connectivity index (χ4v) is 2.20. The first-order chi connectivity index (χ1) is 10.1. The van der Waals surface area contributed by atoms with Gasteiger partial charge in [-0.2, -0.15) is 9.97 Å². The zero-order chi connectivity index (χ0) is 15.2. The molecule has 1 saturated heterocycles. The van der Waals surface area contributed by atoms with Crippen LogP contribution in [0.4, 0.5) is 5.82 Å². The molecule has 0 unspecified atom stereocenters. The van der Waals surface area contributed by atoms with E-state index in [1.54, 1.807) is 7.11 Å². The minimum atomic E-state index is -1.09. The zero-order valence-electron chi connectivity index (χ0n) is 12.3. The third-order valence-corrected chi connectivity index (χ3v) is 3.40. The van der Waals surface area contributed by atoms with Crippen molar-refractivity contribution in [3.63, 3.8) is 0 Å². The van der Waals surface area contributed by atoms with E-state index >= 15 is 0 Å². The number of hydrogen-bond donors (Lipinski definition) is 1. The molecule has 0 spiro atoms. The minimum Gasteiger partial charge on any atom is -0.477 e. The Kier molecular flexibility index (Phi) is 5.29. The van der Waals surface area contributed by atoms with Crippen molar-refractivity contribution < 1.29 is 19.4 Å². The molecule has 0 aromatic carbocycles. The molecule has 1 fully saturated rings. The van der Waals surface area contributed by atoms with Crippen molar-refractivity contribution in [3.8, 4) is 6.01 Å². The van der Waals surface area contributed by atoms with Crippen LogP contribution < -0.4 is 9.64 Å². The standard InChI is InChI=1S/C13H20N4O4/c1-20-8-7-16-3-5-17(6-4-16)11-9-10(12(18)19)14-13(15-11)21-2/h9H,3-8H2,1-2H3,(H,18,19). The maximum Gasteiger partial charge on any atom is 0.354 e. The average molecular weight is 296 g/mol. The van der Waals surface area contributed by atoms with E-state index in [0.717, 1.165) is 32.7 Å². The molecule has 21 heavy (non-hydrogen) atoms. The van der Waals surface area contributed by atoms with Gasteiger partial charge >= 0.3 is 12.0 Å². The summed E-state index contributed by atoms with van der Waals surface area (Å²) in [5.41, 5.74) is -0.0568. The third-order valence-electron chi connectivity index (χ3n) is 3.40. The Bertz CT molecular complexity index is 489. The molecule has 0 amide bonds. The Balaban J connectivity index is 2.05.